The molecule has 0 bridgehead atoms. The number of esters is 3. The lowest BCUT2D eigenvalue weighted by atomic mass is 10.1. The summed E-state index contributed by atoms with van der Waals surface area (Å²) in [4.78, 5) is 38.0. The van der Waals surface area contributed by atoms with Crippen molar-refractivity contribution in [3.63, 3.8) is 0 Å². The highest BCUT2D eigenvalue weighted by Crippen LogP contribution is 2.14. The smallest absolute Gasteiger partial charge is 0.306 e. The summed E-state index contributed by atoms with van der Waals surface area (Å²) in [6.45, 7) is 6.54. The molecular formula is C56H98O6. The molecule has 0 N–H and O–H groups in total. The van der Waals surface area contributed by atoms with Crippen LogP contribution in [0, 0.1) is 0 Å². The van der Waals surface area contributed by atoms with Crippen LogP contribution in [-0.2, 0) is 28.6 Å². The van der Waals surface area contributed by atoms with Crippen molar-refractivity contribution in [2.75, 3.05) is 13.2 Å². The van der Waals surface area contributed by atoms with Gasteiger partial charge >= 0.3 is 17.9 Å². The summed E-state index contributed by atoms with van der Waals surface area (Å²) in [6, 6.07) is 0. The zero-order chi connectivity index (χ0) is 45.1. The largest absolute Gasteiger partial charge is 0.462 e. The fraction of sp³-hybridized carbons (Fsp3) is 0.768. The molecule has 0 aliphatic carbocycles. The van der Waals surface area contributed by atoms with E-state index in [0.29, 0.717) is 19.3 Å². The van der Waals surface area contributed by atoms with Crippen LogP contribution in [0.15, 0.2) is 60.8 Å². The second-order valence-electron chi connectivity index (χ2n) is 17.4. The number of rotatable bonds is 47. The monoisotopic (exact) mass is 867 g/mol. The Balaban J connectivity index is 4.41. The van der Waals surface area contributed by atoms with Crippen LogP contribution >= 0.6 is 0 Å². The first-order valence-electron chi connectivity index (χ1n) is 26.3. The van der Waals surface area contributed by atoms with Gasteiger partial charge in [-0.25, -0.2) is 0 Å². The van der Waals surface area contributed by atoms with E-state index in [-0.39, 0.29) is 31.1 Å². The molecule has 358 valence electrons. The van der Waals surface area contributed by atoms with E-state index in [1.54, 1.807) is 0 Å². The lowest BCUT2D eigenvalue weighted by Gasteiger charge is -2.18. The van der Waals surface area contributed by atoms with Crippen molar-refractivity contribution < 1.29 is 28.6 Å². The summed E-state index contributed by atoms with van der Waals surface area (Å²) in [7, 11) is 0. The third-order valence-corrected chi connectivity index (χ3v) is 11.2. The van der Waals surface area contributed by atoms with Crippen molar-refractivity contribution in [2.45, 2.75) is 264 Å². The summed E-state index contributed by atoms with van der Waals surface area (Å²) in [5.74, 6) is -0.913. The van der Waals surface area contributed by atoms with Crippen LogP contribution in [0.25, 0.3) is 0 Å². The van der Waals surface area contributed by atoms with Gasteiger partial charge in [-0.2, -0.15) is 0 Å². The van der Waals surface area contributed by atoms with Crippen molar-refractivity contribution in [3.05, 3.63) is 60.8 Å². The Morgan fingerprint density at radius 2 is 0.581 bits per heavy atom. The molecule has 0 saturated heterocycles. The first kappa shape index (κ1) is 59.1. The van der Waals surface area contributed by atoms with Gasteiger partial charge in [0.1, 0.15) is 13.2 Å². The Morgan fingerprint density at radius 1 is 0.323 bits per heavy atom. The molecule has 0 aromatic heterocycles. The van der Waals surface area contributed by atoms with Crippen molar-refractivity contribution in [2.24, 2.45) is 0 Å². The normalized spacial score (nSPS) is 12.5. The van der Waals surface area contributed by atoms with Gasteiger partial charge in [0, 0.05) is 19.3 Å². The van der Waals surface area contributed by atoms with Crippen molar-refractivity contribution in [1.82, 2.24) is 0 Å². The maximum absolute atomic E-state index is 12.8. The highest BCUT2D eigenvalue weighted by molar-refractivity contribution is 5.71. The Labute approximate surface area is 383 Å². The quantitative estimate of drug-likeness (QED) is 0.0262. The second kappa shape index (κ2) is 50.8. The molecule has 0 amide bonds. The van der Waals surface area contributed by atoms with Gasteiger partial charge in [-0.1, -0.05) is 191 Å². The Morgan fingerprint density at radius 3 is 0.903 bits per heavy atom. The minimum absolute atomic E-state index is 0.0865. The minimum Gasteiger partial charge on any atom is -0.462 e. The Bertz CT molecular complexity index is 1130. The number of carbonyl (C=O) groups is 3. The second-order valence-corrected chi connectivity index (χ2v) is 17.4. The molecular weight excluding hydrogens is 769 g/mol. The molecule has 0 aromatic carbocycles. The van der Waals surface area contributed by atoms with E-state index < -0.39 is 6.10 Å². The van der Waals surface area contributed by atoms with Crippen LogP contribution in [0.1, 0.15) is 258 Å². The lowest BCUT2D eigenvalue weighted by Crippen LogP contribution is -2.30. The van der Waals surface area contributed by atoms with Gasteiger partial charge in [0.25, 0.3) is 0 Å². The topological polar surface area (TPSA) is 78.9 Å². The number of ether oxygens (including phenoxy) is 3. The van der Waals surface area contributed by atoms with Crippen molar-refractivity contribution in [3.8, 4) is 0 Å². The Hall–Kier alpha value is -2.89. The first-order chi connectivity index (χ1) is 30.5. The number of hydrogen-bond donors (Lipinski definition) is 0. The Kier molecular flexibility index (Phi) is 48.4. The van der Waals surface area contributed by atoms with Crippen molar-refractivity contribution >= 4 is 17.9 Å². The molecule has 0 heterocycles. The summed E-state index contributed by atoms with van der Waals surface area (Å²) in [5.41, 5.74) is 0. The van der Waals surface area contributed by atoms with Gasteiger partial charge in [0.05, 0.1) is 0 Å². The fourth-order valence-corrected chi connectivity index (χ4v) is 7.20. The molecule has 0 rings (SSSR count). The number of allylic oxidation sites excluding steroid dienone is 10. The molecule has 0 saturated carbocycles. The summed E-state index contributed by atoms with van der Waals surface area (Å²) in [6.07, 6.45) is 61.9. The molecule has 0 radical (unpaired) electrons. The molecule has 6 heteroatoms. The minimum atomic E-state index is -0.787. The van der Waals surface area contributed by atoms with Gasteiger partial charge in [0.15, 0.2) is 6.10 Å². The highest BCUT2D eigenvalue weighted by Gasteiger charge is 2.19. The fourth-order valence-electron chi connectivity index (χ4n) is 7.20. The van der Waals surface area contributed by atoms with Crippen LogP contribution in [0.2, 0.25) is 0 Å². The van der Waals surface area contributed by atoms with E-state index >= 15 is 0 Å². The highest BCUT2D eigenvalue weighted by atomic mass is 16.6. The average molecular weight is 867 g/mol. The first-order valence-corrected chi connectivity index (χ1v) is 26.3. The zero-order valence-corrected chi connectivity index (χ0v) is 40.9. The van der Waals surface area contributed by atoms with E-state index in [2.05, 4.69) is 81.5 Å². The number of unbranched alkanes of at least 4 members (excludes halogenated alkanes) is 26. The molecule has 0 spiro atoms. The molecule has 0 fully saturated rings. The molecule has 0 aliphatic rings. The van der Waals surface area contributed by atoms with Gasteiger partial charge in [-0.05, 0) is 109 Å². The van der Waals surface area contributed by atoms with Crippen LogP contribution in [0.3, 0.4) is 0 Å². The molecule has 1 atom stereocenters. The molecule has 62 heavy (non-hydrogen) atoms. The standard InChI is InChI=1S/C56H98O6/c1-4-7-10-13-16-19-22-25-27-28-30-31-34-37-40-43-46-49-55(58)61-52-53(51-60-54(57)48-45-42-39-36-33-24-21-18-15-12-9-6-3)62-56(59)50-47-44-41-38-35-32-29-26-23-20-17-14-11-8-5-2/h16-21,25-27,29,53H,4-15,22-24,28,30-52H2,1-3H3/b19-16-,20-17-,21-18-,27-25-,29-26-/t53-/m1/s1. The predicted octanol–water partition coefficient (Wildman–Crippen LogP) is 17.3. The van der Waals surface area contributed by atoms with E-state index in [4.69, 9.17) is 14.2 Å². The van der Waals surface area contributed by atoms with E-state index in [0.717, 1.165) is 103 Å². The maximum Gasteiger partial charge on any atom is 0.306 e. The number of carbonyl (C=O) groups excluding carboxylic acids is 3. The molecule has 0 aliphatic heterocycles. The zero-order valence-electron chi connectivity index (χ0n) is 40.9. The van der Waals surface area contributed by atoms with Crippen molar-refractivity contribution in [1.29, 1.82) is 0 Å². The van der Waals surface area contributed by atoms with E-state index in [1.165, 1.54) is 116 Å². The van der Waals surface area contributed by atoms with Crippen LogP contribution in [-0.4, -0.2) is 37.2 Å². The SMILES string of the molecule is CCCCC/C=C\C/C=C\CCCCCCCCCC(=O)OC[C@@H](COC(=O)CCCCCCC/C=C\CCCCC)OC(=O)CCCCCCC/C=C\C/C=C\CCCCC. The maximum atomic E-state index is 12.8. The summed E-state index contributed by atoms with van der Waals surface area (Å²) < 4.78 is 16.8. The van der Waals surface area contributed by atoms with E-state index in [1.807, 2.05) is 0 Å². The van der Waals surface area contributed by atoms with Gasteiger partial charge < -0.3 is 14.2 Å². The predicted molar refractivity (Wildman–Crippen MR) is 265 cm³/mol. The summed E-state index contributed by atoms with van der Waals surface area (Å²) in [5, 5.41) is 0. The van der Waals surface area contributed by atoms with Gasteiger partial charge in [-0.15, -0.1) is 0 Å². The van der Waals surface area contributed by atoms with Crippen LogP contribution < -0.4 is 0 Å². The van der Waals surface area contributed by atoms with E-state index in [9.17, 15) is 14.4 Å². The third-order valence-electron chi connectivity index (χ3n) is 11.2. The van der Waals surface area contributed by atoms with Crippen LogP contribution in [0.4, 0.5) is 0 Å². The molecule has 6 nitrogen and oxygen atoms in total. The molecule has 0 unspecified atom stereocenters. The van der Waals surface area contributed by atoms with Gasteiger partial charge in [0.2, 0.25) is 0 Å². The number of hydrogen-bond acceptors (Lipinski definition) is 6. The average Bonchev–Trinajstić information content (AvgIpc) is 3.27. The molecule has 0 aromatic rings. The third kappa shape index (κ3) is 48.1. The van der Waals surface area contributed by atoms with Crippen LogP contribution in [0.5, 0.6) is 0 Å². The lowest BCUT2D eigenvalue weighted by molar-refractivity contribution is -0.167. The summed E-state index contributed by atoms with van der Waals surface area (Å²) >= 11 is 0. The van der Waals surface area contributed by atoms with Gasteiger partial charge in [-0.3, -0.25) is 14.4 Å².